The molecule has 1 heteroatoms. The Morgan fingerprint density at radius 3 is 2.22 bits per heavy atom. The molecule has 0 radical (unpaired) electrons. The lowest BCUT2D eigenvalue weighted by Crippen LogP contribution is -2.10. The molecule has 0 amide bonds. The van der Waals surface area contributed by atoms with Gasteiger partial charge in [0.1, 0.15) is 0 Å². The maximum Gasteiger partial charge on any atom is 0.0294 e. The summed E-state index contributed by atoms with van der Waals surface area (Å²) in [6.07, 6.45) is 7.90. The summed E-state index contributed by atoms with van der Waals surface area (Å²) in [5, 5.41) is 0. The summed E-state index contributed by atoms with van der Waals surface area (Å²) in [7, 11) is 0. The number of rotatable bonds is 8. The lowest BCUT2D eigenvalue weighted by molar-refractivity contribution is 0.572. The molecule has 0 saturated carbocycles. The van der Waals surface area contributed by atoms with Gasteiger partial charge in [0, 0.05) is 6.04 Å². The van der Waals surface area contributed by atoms with Crippen molar-refractivity contribution in [2.24, 2.45) is 5.73 Å². The highest BCUT2D eigenvalue weighted by Gasteiger charge is 2.06. The van der Waals surface area contributed by atoms with Gasteiger partial charge >= 0.3 is 0 Å². The number of allylic oxidation sites excluding steroid dienone is 1. The van der Waals surface area contributed by atoms with Crippen LogP contribution < -0.4 is 5.73 Å². The average Bonchev–Trinajstić information content (AvgIpc) is 2.38. The van der Waals surface area contributed by atoms with Gasteiger partial charge in [-0.2, -0.15) is 0 Å². The third-order valence-corrected chi connectivity index (χ3v) is 3.45. The van der Waals surface area contributed by atoms with Gasteiger partial charge in [-0.25, -0.2) is 0 Å². The first-order valence-corrected chi connectivity index (χ1v) is 7.11. The van der Waals surface area contributed by atoms with Crippen LogP contribution in [-0.2, 0) is 0 Å². The second-order valence-electron chi connectivity index (χ2n) is 5.35. The van der Waals surface area contributed by atoms with Gasteiger partial charge in [0.05, 0.1) is 0 Å². The highest BCUT2D eigenvalue weighted by Crippen LogP contribution is 2.21. The van der Waals surface area contributed by atoms with E-state index >= 15 is 0 Å². The Kier molecular flexibility index (Phi) is 6.74. The number of hydrogen-bond donors (Lipinski definition) is 1. The summed E-state index contributed by atoms with van der Waals surface area (Å²) in [6, 6.07) is 8.97. The van der Waals surface area contributed by atoms with E-state index in [4.69, 9.17) is 5.73 Å². The largest absolute Gasteiger partial charge is 0.324 e. The molecule has 0 aliphatic heterocycles. The Morgan fingerprint density at radius 2 is 1.67 bits per heavy atom. The summed E-state index contributed by atoms with van der Waals surface area (Å²) in [5.74, 6) is 0.592. The quantitative estimate of drug-likeness (QED) is 0.509. The van der Waals surface area contributed by atoms with Crippen LogP contribution in [0.5, 0.6) is 0 Å². The molecule has 0 aromatic heterocycles. The SMILES string of the molecule is C=CCCCCCC(N)c1ccc(C(C)C)cc1. The van der Waals surface area contributed by atoms with Crippen molar-refractivity contribution in [3.63, 3.8) is 0 Å². The zero-order chi connectivity index (χ0) is 13.4. The fourth-order valence-corrected chi connectivity index (χ4v) is 2.12. The fourth-order valence-electron chi connectivity index (χ4n) is 2.12. The van der Waals surface area contributed by atoms with E-state index in [1.807, 2.05) is 6.08 Å². The van der Waals surface area contributed by atoms with Crippen LogP contribution in [0.15, 0.2) is 36.9 Å². The van der Waals surface area contributed by atoms with E-state index in [0.29, 0.717) is 5.92 Å². The van der Waals surface area contributed by atoms with E-state index in [0.717, 1.165) is 12.8 Å². The van der Waals surface area contributed by atoms with Gasteiger partial charge in [-0.3, -0.25) is 0 Å². The molecule has 1 atom stereocenters. The minimum Gasteiger partial charge on any atom is -0.324 e. The summed E-state index contributed by atoms with van der Waals surface area (Å²) < 4.78 is 0. The predicted octanol–water partition coefficient (Wildman–Crippen LogP) is 4.95. The Labute approximate surface area is 112 Å². The zero-order valence-corrected chi connectivity index (χ0v) is 11.9. The molecular formula is C17H27N. The van der Waals surface area contributed by atoms with E-state index in [2.05, 4.69) is 44.7 Å². The highest BCUT2D eigenvalue weighted by atomic mass is 14.6. The van der Waals surface area contributed by atoms with E-state index in [1.165, 1.54) is 30.4 Å². The molecule has 1 nitrogen and oxygen atoms in total. The van der Waals surface area contributed by atoms with Gasteiger partial charge in [0.25, 0.3) is 0 Å². The Balaban J connectivity index is 2.36. The molecule has 1 aromatic carbocycles. The standard InChI is InChI=1S/C17H27N/c1-4-5-6-7-8-9-17(18)16-12-10-15(11-13-16)14(2)3/h4,10-14,17H,1,5-9,18H2,2-3H3. The normalized spacial score (nSPS) is 12.7. The molecule has 0 fully saturated rings. The molecule has 100 valence electrons. The van der Waals surface area contributed by atoms with Gasteiger partial charge in [0.15, 0.2) is 0 Å². The van der Waals surface area contributed by atoms with Crippen molar-refractivity contribution in [3.8, 4) is 0 Å². The summed E-state index contributed by atoms with van der Waals surface area (Å²) >= 11 is 0. The third kappa shape index (κ3) is 5.05. The van der Waals surface area contributed by atoms with Crippen LogP contribution >= 0.6 is 0 Å². The zero-order valence-electron chi connectivity index (χ0n) is 11.9. The molecule has 0 saturated heterocycles. The monoisotopic (exact) mass is 245 g/mol. The van der Waals surface area contributed by atoms with Crippen LogP contribution in [0.25, 0.3) is 0 Å². The van der Waals surface area contributed by atoms with Crippen molar-refractivity contribution in [1.29, 1.82) is 0 Å². The van der Waals surface area contributed by atoms with Gasteiger partial charge < -0.3 is 5.73 Å². The minimum absolute atomic E-state index is 0.190. The molecule has 0 spiro atoms. The van der Waals surface area contributed by atoms with Gasteiger partial charge in [-0.1, -0.05) is 57.0 Å². The van der Waals surface area contributed by atoms with E-state index < -0.39 is 0 Å². The maximum atomic E-state index is 6.22. The molecule has 0 bridgehead atoms. The van der Waals surface area contributed by atoms with Crippen molar-refractivity contribution in [3.05, 3.63) is 48.0 Å². The number of nitrogens with two attached hydrogens (primary N) is 1. The number of hydrogen-bond acceptors (Lipinski definition) is 1. The van der Waals surface area contributed by atoms with Crippen molar-refractivity contribution < 1.29 is 0 Å². The lowest BCUT2D eigenvalue weighted by Gasteiger charge is -2.13. The van der Waals surface area contributed by atoms with Gasteiger partial charge in [-0.05, 0) is 36.3 Å². The summed E-state index contributed by atoms with van der Waals surface area (Å²) in [6.45, 7) is 8.17. The molecule has 2 N–H and O–H groups in total. The summed E-state index contributed by atoms with van der Waals surface area (Å²) in [4.78, 5) is 0. The first-order valence-electron chi connectivity index (χ1n) is 7.11. The number of unbranched alkanes of at least 4 members (excludes halogenated alkanes) is 3. The average molecular weight is 245 g/mol. The van der Waals surface area contributed by atoms with Crippen LogP contribution in [0.4, 0.5) is 0 Å². The van der Waals surface area contributed by atoms with Gasteiger partial charge in [0.2, 0.25) is 0 Å². The first kappa shape index (κ1) is 15.0. The molecule has 0 aliphatic rings. The van der Waals surface area contributed by atoms with Crippen LogP contribution in [-0.4, -0.2) is 0 Å². The Bertz CT molecular complexity index is 337. The van der Waals surface area contributed by atoms with Crippen molar-refractivity contribution in [1.82, 2.24) is 0 Å². The van der Waals surface area contributed by atoms with Crippen LogP contribution in [0, 0.1) is 0 Å². The summed E-state index contributed by atoms with van der Waals surface area (Å²) in [5.41, 5.74) is 8.87. The molecular weight excluding hydrogens is 218 g/mol. The molecule has 18 heavy (non-hydrogen) atoms. The predicted molar refractivity (Wildman–Crippen MR) is 80.7 cm³/mol. The van der Waals surface area contributed by atoms with E-state index in [-0.39, 0.29) is 6.04 Å². The molecule has 1 rings (SSSR count). The third-order valence-electron chi connectivity index (χ3n) is 3.45. The smallest absolute Gasteiger partial charge is 0.0294 e. The first-order chi connectivity index (χ1) is 8.65. The maximum absolute atomic E-state index is 6.22. The van der Waals surface area contributed by atoms with Crippen LogP contribution in [0.3, 0.4) is 0 Å². The van der Waals surface area contributed by atoms with Crippen molar-refractivity contribution in [2.45, 2.75) is 57.9 Å². The van der Waals surface area contributed by atoms with Crippen LogP contribution in [0.2, 0.25) is 0 Å². The second-order valence-corrected chi connectivity index (χ2v) is 5.35. The second kappa shape index (κ2) is 8.10. The topological polar surface area (TPSA) is 26.0 Å². The Hall–Kier alpha value is -1.08. The molecule has 0 aliphatic carbocycles. The number of benzene rings is 1. The van der Waals surface area contributed by atoms with E-state index in [1.54, 1.807) is 0 Å². The van der Waals surface area contributed by atoms with E-state index in [9.17, 15) is 0 Å². The molecule has 1 aromatic rings. The highest BCUT2D eigenvalue weighted by molar-refractivity contribution is 5.26. The fraction of sp³-hybridized carbons (Fsp3) is 0.529. The Morgan fingerprint density at radius 1 is 1.06 bits per heavy atom. The van der Waals surface area contributed by atoms with Gasteiger partial charge in [-0.15, -0.1) is 6.58 Å². The molecule has 1 unspecified atom stereocenters. The lowest BCUT2D eigenvalue weighted by atomic mass is 9.97. The van der Waals surface area contributed by atoms with Crippen LogP contribution in [0.1, 0.15) is 69.0 Å². The minimum atomic E-state index is 0.190. The van der Waals surface area contributed by atoms with Crippen molar-refractivity contribution >= 4 is 0 Å². The molecule has 0 heterocycles. The van der Waals surface area contributed by atoms with Crippen molar-refractivity contribution in [2.75, 3.05) is 0 Å².